The number of nitrogens with two attached hydrogens (primary N) is 1. The molecule has 1 aliphatic heterocycles. The van der Waals surface area contributed by atoms with Gasteiger partial charge in [-0.3, -0.25) is 10.8 Å². The Balaban J connectivity index is 0.000000318. The Morgan fingerprint density at radius 2 is 2.25 bits per heavy atom. The lowest BCUT2D eigenvalue weighted by molar-refractivity contribution is 1.18. The average molecular weight is 280 g/mol. The number of hydrazine groups is 1. The molecule has 16 heavy (non-hydrogen) atoms. The van der Waals surface area contributed by atoms with Crippen LogP contribution in [0.1, 0.15) is 5.56 Å². The summed E-state index contributed by atoms with van der Waals surface area (Å²) in [5, 5.41) is 0.655. The fourth-order valence-corrected chi connectivity index (χ4v) is 1.88. The molecule has 3 N–H and O–H groups in total. The normalized spacial score (nSPS) is 12.4. The molecule has 2 rings (SSSR count). The van der Waals surface area contributed by atoms with Gasteiger partial charge in [0.1, 0.15) is 0 Å². The maximum atomic E-state index is 5.79. The first-order chi connectivity index (χ1) is 7.25. The van der Waals surface area contributed by atoms with Crippen molar-refractivity contribution in [3.05, 3.63) is 28.8 Å². The van der Waals surface area contributed by atoms with Gasteiger partial charge in [-0.25, -0.2) is 0 Å². The van der Waals surface area contributed by atoms with Crippen LogP contribution in [0, 0.1) is 6.92 Å². The molecule has 0 bridgehead atoms. The smallest absolute Gasteiger partial charge is 0.0701 e. The van der Waals surface area contributed by atoms with Crippen LogP contribution in [0.3, 0.4) is 0 Å². The number of hydrogen-bond donors (Lipinski definition) is 2. The van der Waals surface area contributed by atoms with Crippen molar-refractivity contribution < 1.29 is 0 Å². The van der Waals surface area contributed by atoms with E-state index in [0.29, 0.717) is 5.02 Å². The molecule has 0 aromatic heterocycles. The Morgan fingerprint density at radius 1 is 1.50 bits per heavy atom. The molecule has 0 unspecified atom stereocenters. The number of para-hydroxylation sites is 1. The van der Waals surface area contributed by atoms with Gasteiger partial charge in [0.15, 0.2) is 0 Å². The number of thioether (sulfide) groups is 1. The van der Waals surface area contributed by atoms with Crippen LogP contribution in [0.4, 0.5) is 5.69 Å². The maximum Gasteiger partial charge on any atom is 0.0701 e. The lowest BCUT2D eigenvalue weighted by Gasteiger charge is -2.05. The highest BCUT2D eigenvalue weighted by molar-refractivity contribution is 8.12. The number of nitrogens with zero attached hydrogens (tertiary/aromatic N) is 1. The van der Waals surface area contributed by atoms with E-state index in [0.717, 1.165) is 17.8 Å². The van der Waals surface area contributed by atoms with Gasteiger partial charge < -0.3 is 5.43 Å². The van der Waals surface area contributed by atoms with Gasteiger partial charge in [-0.2, -0.15) is 0 Å². The quantitative estimate of drug-likeness (QED) is 0.614. The molecule has 0 fully saturated rings. The molecule has 1 aliphatic rings. The second-order valence-electron chi connectivity index (χ2n) is 2.96. The van der Waals surface area contributed by atoms with Gasteiger partial charge in [0.2, 0.25) is 0 Å². The lowest BCUT2D eigenvalue weighted by Crippen LogP contribution is -2.08. The molecule has 1 heterocycles. The summed E-state index contributed by atoms with van der Waals surface area (Å²) in [5.74, 6) is 6.41. The van der Waals surface area contributed by atoms with Crippen LogP contribution in [0.25, 0.3) is 0 Å². The molecule has 3 nitrogen and oxygen atoms in total. The summed E-state index contributed by atoms with van der Waals surface area (Å²) in [4.78, 5) is 3.92. The third kappa shape index (κ3) is 5.07. The number of hydrogen-bond acceptors (Lipinski definition) is 4. The highest BCUT2D eigenvalue weighted by atomic mass is 35.5. The maximum absolute atomic E-state index is 5.79. The molecule has 0 spiro atoms. The van der Waals surface area contributed by atoms with Crippen molar-refractivity contribution in [2.24, 2.45) is 10.8 Å². The van der Waals surface area contributed by atoms with E-state index in [1.165, 1.54) is 5.75 Å². The van der Waals surface area contributed by atoms with E-state index in [-0.39, 0.29) is 12.4 Å². The van der Waals surface area contributed by atoms with E-state index in [2.05, 4.69) is 10.4 Å². The van der Waals surface area contributed by atoms with Crippen LogP contribution in [0.15, 0.2) is 23.2 Å². The predicted octanol–water partition coefficient (Wildman–Crippen LogP) is 3.12. The van der Waals surface area contributed by atoms with Crippen molar-refractivity contribution in [2.45, 2.75) is 6.92 Å². The van der Waals surface area contributed by atoms with Gasteiger partial charge in [0.25, 0.3) is 0 Å². The van der Waals surface area contributed by atoms with Crippen molar-refractivity contribution in [1.82, 2.24) is 0 Å². The van der Waals surface area contributed by atoms with Crippen molar-refractivity contribution in [2.75, 3.05) is 17.7 Å². The Kier molecular flexibility index (Phi) is 8.47. The van der Waals surface area contributed by atoms with Crippen molar-refractivity contribution >= 4 is 47.0 Å². The first-order valence-corrected chi connectivity index (χ1v) is 6.00. The zero-order valence-electron chi connectivity index (χ0n) is 8.94. The highest BCUT2D eigenvalue weighted by Crippen LogP contribution is 2.23. The van der Waals surface area contributed by atoms with E-state index >= 15 is 0 Å². The summed E-state index contributed by atoms with van der Waals surface area (Å²) in [5.41, 5.74) is 6.28. The van der Waals surface area contributed by atoms with Crippen LogP contribution in [-0.2, 0) is 0 Å². The Labute approximate surface area is 111 Å². The topological polar surface area (TPSA) is 50.4 Å². The van der Waals surface area contributed by atoms with Gasteiger partial charge in [-0.05, 0) is 18.6 Å². The number of aryl methyl sites for hydroxylation is 1. The van der Waals surface area contributed by atoms with Crippen molar-refractivity contribution in [3.63, 3.8) is 0 Å². The van der Waals surface area contributed by atoms with E-state index in [4.69, 9.17) is 17.4 Å². The molecule has 90 valence electrons. The largest absolute Gasteiger partial charge is 0.322 e. The SMILES string of the molecule is C1=NCCS1.Cc1cccc(Cl)c1NN.Cl. The molecular formula is C10H15Cl2N3S. The number of aliphatic imine (C=N–C) groups is 1. The van der Waals surface area contributed by atoms with Gasteiger partial charge in [-0.15, -0.1) is 24.2 Å². The van der Waals surface area contributed by atoms with Crippen LogP contribution in [-0.4, -0.2) is 17.8 Å². The Bertz CT molecular complexity index is 319. The van der Waals surface area contributed by atoms with Crippen LogP contribution < -0.4 is 11.3 Å². The Morgan fingerprint density at radius 3 is 2.56 bits per heavy atom. The summed E-state index contributed by atoms with van der Waals surface area (Å²) in [7, 11) is 0. The van der Waals surface area contributed by atoms with E-state index in [1.54, 1.807) is 17.8 Å². The third-order valence-corrected chi connectivity index (χ3v) is 2.88. The first-order valence-electron chi connectivity index (χ1n) is 4.57. The standard InChI is InChI=1S/C7H9ClN2.C3H5NS.ClH/c1-5-3-2-4-6(8)7(5)10-9;1-2-5-3-4-1;/h2-4,10H,9H2,1H3;3H,1-2H2;1H. The minimum Gasteiger partial charge on any atom is -0.322 e. The summed E-state index contributed by atoms with van der Waals surface area (Å²) in [6.45, 7) is 2.98. The fraction of sp³-hybridized carbons (Fsp3) is 0.300. The second-order valence-corrected chi connectivity index (χ2v) is 4.32. The van der Waals surface area contributed by atoms with Crippen LogP contribution in [0.2, 0.25) is 5.02 Å². The molecule has 0 radical (unpaired) electrons. The van der Waals surface area contributed by atoms with E-state index in [9.17, 15) is 0 Å². The van der Waals surface area contributed by atoms with Gasteiger partial charge in [-0.1, -0.05) is 23.7 Å². The number of benzene rings is 1. The molecule has 1 aromatic rings. The zero-order chi connectivity index (χ0) is 11.1. The number of nitrogens with one attached hydrogen (secondary N) is 1. The second kappa shape index (κ2) is 8.70. The number of rotatable bonds is 1. The highest BCUT2D eigenvalue weighted by Gasteiger charge is 1.98. The monoisotopic (exact) mass is 279 g/mol. The summed E-state index contributed by atoms with van der Waals surface area (Å²) < 4.78 is 0. The number of anilines is 1. The minimum absolute atomic E-state index is 0. The molecule has 0 atom stereocenters. The molecule has 0 saturated heterocycles. The van der Waals surface area contributed by atoms with Crippen LogP contribution >= 0.6 is 35.8 Å². The van der Waals surface area contributed by atoms with Gasteiger partial charge >= 0.3 is 0 Å². The predicted molar refractivity (Wildman–Crippen MR) is 77.1 cm³/mol. The number of halogens is 2. The zero-order valence-corrected chi connectivity index (χ0v) is 11.3. The van der Waals surface area contributed by atoms with Crippen molar-refractivity contribution in [3.8, 4) is 0 Å². The van der Waals surface area contributed by atoms with Crippen molar-refractivity contribution in [1.29, 1.82) is 0 Å². The minimum atomic E-state index is 0. The van der Waals surface area contributed by atoms with E-state index in [1.807, 2.05) is 24.6 Å². The molecule has 6 heteroatoms. The molecular weight excluding hydrogens is 265 g/mol. The first kappa shape index (κ1) is 15.6. The van der Waals surface area contributed by atoms with Gasteiger partial charge in [0.05, 0.1) is 16.3 Å². The lowest BCUT2D eigenvalue weighted by atomic mass is 10.2. The molecule has 1 aromatic carbocycles. The van der Waals surface area contributed by atoms with Crippen LogP contribution in [0.5, 0.6) is 0 Å². The summed E-state index contributed by atoms with van der Waals surface area (Å²) in [6.07, 6.45) is 0. The summed E-state index contributed by atoms with van der Waals surface area (Å²) in [6, 6.07) is 5.63. The molecule has 0 aliphatic carbocycles. The van der Waals surface area contributed by atoms with Gasteiger partial charge in [0, 0.05) is 12.3 Å². The summed E-state index contributed by atoms with van der Waals surface area (Å²) >= 11 is 7.57. The number of nitrogen functional groups attached to an aromatic ring is 1. The molecule has 0 amide bonds. The molecule has 0 saturated carbocycles. The Hall–Kier alpha value is -0.420. The average Bonchev–Trinajstić information content (AvgIpc) is 2.76. The third-order valence-electron chi connectivity index (χ3n) is 1.85. The van der Waals surface area contributed by atoms with E-state index < -0.39 is 0 Å². The fourth-order valence-electron chi connectivity index (χ4n) is 1.08.